The van der Waals surface area contributed by atoms with Gasteiger partial charge in [0.25, 0.3) is 0 Å². The van der Waals surface area contributed by atoms with Gasteiger partial charge in [0.2, 0.25) is 0 Å². The van der Waals surface area contributed by atoms with Gasteiger partial charge < -0.3 is 9.79 Å². The average Bonchev–Trinajstić information content (AvgIpc) is 1.86. The zero-order valence-corrected chi connectivity index (χ0v) is 7.69. The summed E-state index contributed by atoms with van der Waals surface area (Å²) < 4.78 is 0. The van der Waals surface area contributed by atoms with Gasteiger partial charge in [0, 0.05) is 0 Å². The summed E-state index contributed by atoms with van der Waals surface area (Å²) in [6.07, 6.45) is 0. The van der Waals surface area contributed by atoms with E-state index in [9.17, 15) is 9.79 Å². The molecule has 60 valence electrons. The number of hydrogen-bond donors (Lipinski definition) is 0. The highest BCUT2D eigenvalue weighted by molar-refractivity contribution is 8.11. The topological polar surface area (TPSA) is 46.1 Å². The van der Waals surface area contributed by atoms with Crippen LogP contribution in [0.3, 0.4) is 0 Å². The lowest BCUT2D eigenvalue weighted by atomic mass is 10.2. The molecule has 0 amide bonds. The quantitative estimate of drug-likeness (QED) is 0.563. The summed E-state index contributed by atoms with van der Waals surface area (Å²) in [5, 5.41) is 0.259. The fourth-order valence-corrected chi connectivity index (χ4v) is 2.26. The first kappa shape index (κ1) is 8.88. The molecule has 11 heavy (non-hydrogen) atoms. The fraction of sp³-hybridized carbons (Fsp3) is 0.143. The molecule has 0 aromatic heterocycles. The first-order valence-corrected chi connectivity index (χ1v) is 5.74. The first-order chi connectivity index (χ1) is 5.02. The highest BCUT2D eigenvalue weighted by Crippen LogP contribution is 2.23. The third kappa shape index (κ3) is 2.11. The third-order valence-electron chi connectivity index (χ3n) is 1.41. The van der Waals surface area contributed by atoms with E-state index in [2.05, 4.69) is 11.8 Å². The number of hydrogen-bond acceptors (Lipinski definition) is 3. The predicted molar refractivity (Wildman–Crippen MR) is 45.1 cm³/mol. The SMILES string of the molecule is Cc1ccccc1P([O-])([O-])=S. The monoisotopic (exact) mass is 186 g/mol. The van der Waals surface area contributed by atoms with Gasteiger partial charge in [-0.3, -0.25) is 0 Å². The Labute approximate surface area is 70.7 Å². The Balaban J connectivity index is 3.25. The molecule has 0 radical (unpaired) electrons. The van der Waals surface area contributed by atoms with Crippen LogP contribution in [0.25, 0.3) is 0 Å². The van der Waals surface area contributed by atoms with Crippen molar-refractivity contribution in [3.05, 3.63) is 29.8 Å². The van der Waals surface area contributed by atoms with Crippen LogP contribution in [0.5, 0.6) is 0 Å². The van der Waals surface area contributed by atoms with E-state index in [4.69, 9.17) is 0 Å². The Kier molecular flexibility index (Phi) is 2.45. The molecule has 1 aromatic rings. The van der Waals surface area contributed by atoms with E-state index in [1.54, 1.807) is 25.1 Å². The minimum atomic E-state index is -3.72. The fourth-order valence-electron chi connectivity index (χ4n) is 0.871. The highest BCUT2D eigenvalue weighted by atomic mass is 32.5. The maximum absolute atomic E-state index is 10.9. The van der Waals surface area contributed by atoms with Crippen molar-refractivity contribution < 1.29 is 9.79 Å². The molecule has 0 bridgehead atoms. The van der Waals surface area contributed by atoms with Gasteiger partial charge in [-0.25, -0.2) is 0 Å². The maximum Gasteiger partial charge on any atom is -0.0392 e. The van der Waals surface area contributed by atoms with Crippen LogP contribution in [0, 0.1) is 6.92 Å². The molecular weight excluding hydrogens is 179 g/mol. The van der Waals surface area contributed by atoms with E-state index in [-0.39, 0.29) is 5.30 Å². The lowest BCUT2D eigenvalue weighted by Crippen LogP contribution is -2.26. The van der Waals surface area contributed by atoms with Crippen molar-refractivity contribution in [2.24, 2.45) is 0 Å². The molecule has 4 heteroatoms. The third-order valence-corrected chi connectivity index (χ3v) is 3.09. The van der Waals surface area contributed by atoms with Gasteiger partial charge in [0.1, 0.15) is 0 Å². The van der Waals surface area contributed by atoms with Crippen LogP contribution in [-0.4, -0.2) is 0 Å². The van der Waals surface area contributed by atoms with Crippen molar-refractivity contribution in [2.45, 2.75) is 6.92 Å². The van der Waals surface area contributed by atoms with Gasteiger partial charge in [0.15, 0.2) is 0 Å². The number of benzene rings is 1. The smallest absolute Gasteiger partial charge is 0.0392 e. The lowest BCUT2D eigenvalue weighted by molar-refractivity contribution is -0.289. The number of aryl methyl sites for hydroxylation is 1. The van der Waals surface area contributed by atoms with Crippen LogP contribution in [0.4, 0.5) is 0 Å². The summed E-state index contributed by atoms with van der Waals surface area (Å²) in [7, 11) is 0. The largest absolute Gasteiger partial charge is 0.829 e. The van der Waals surface area contributed by atoms with Crippen molar-refractivity contribution in [3.8, 4) is 0 Å². The van der Waals surface area contributed by atoms with Crippen LogP contribution < -0.4 is 15.1 Å². The summed E-state index contributed by atoms with van der Waals surface area (Å²) in [6.45, 7) is -1.99. The molecule has 2 nitrogen and oxygen atoms in total. The summed E-state index contributed by atoms with van der Waals surface area (Å²) in [6, 6.07) is 6.70. The second-order valence-corrected chi connectivity index (χ2v) is 5.20. The van der Waals surface area contributed by atoms with Gasteiger partial charge in [0.05, 0.1) is 0 Å². The Morgan fingerprint density at radius 2 is 1.82 bits per heavy atom. The van der Waals surface area contributed by atoms with E-state index >= 15 is 0 Å². The van der Waals surface area contributed by atoms with Crippen molar-refractivity contribution in [3.63, 3.8) is 0 Å². The molecular formula is C7H7O2PS-2. The molecule has 0 atom stereocenters. The highest BCUT2D eigenvalue weighted by Gasteiger charge is 1.95. The van der Waals surface area contributed by atoms with E-state index in [0.717, 1.165) is 0 Å². The minimum Gasteiger partial charge on any atom is -0.829 e. The van der Waals surface area contributed by atoms with Gasteiger partial charge in [-0.2, -0.15) is 6.49 Å². The Morgan fingerprint density at radius 3 is 2.18 bits per heavy atom. The van der Waals surface area contributed by atoms with Crippen molar-refractivity contribution in [2.75, 3.05) is 0 Å². The lowest BCUT2D eigenvalue weighted by Gasteiger charge is -2.36. The van der Waals surface area contributed by atoms with Crippen LogP contribution in [0.1, 0.15) is 5.56 Å². The summed E-state index contributed by atoms with van der Waals surface area (Å²) in [5.74, 6) is 0. The second kappa shape index (κ2) is 3.03. The second-order valence-electron chi connectivity index (χ2n) is 2.28. The molecule has 0 spiro atoms. The van der Waals surface area contributed by atoms with Crippen LogP contribution >= 0.6 is 6.49 Å². The molecule has 0 N–H and O–H groups in total. The zero-order valence-electron chi connectivity index (χ0n) is 5.98. The van der Waals surface area contributed by atoms with Gasteiger partial charge >= 0.3 is 0 Å². The number of rotatable bonds is 1. The van der Waals surface area contributed by atoms with Crippen molar-refractivity contribution in [1.29, 1.82) is 0 Å². The van der Waals surface area contributed by atoms with Gasteiger partial charge in [-0.1, -0.05) is 24.3 Å². The van der Waals surface area contributed by atoms with E-state index in [1.807, 2.05) is 0 Å². The normalized spacial score (nSPS) is 11.5. The van der Waals surface area contributed by atoms with Crippen molar-refractivity contribution in [1.82, 2.24) is 0 Å². The molecule has 0 unspecified atom stereocenters. The molecule has 0 aliphatic heterocycles. The molecule has 0 fully saturated rings. The average molecular weight is 186 g/mol. The Bertz CT molecular complexity index is 305. The van der Waals surface area contributed by atoms with E-state index < -0.39 is 6.49 Å². The molecule has 0 saturated heterocycles. The van der Waals surface area contributed by atoms with Gasteiger partial charge in [-0.15, -0.1) is 11.8 Å². The zero-order chi connectivity index (χ0) is 8.48. The predicted octanol–water partition coefficient (Wildman–Crippen LogP) is -0.350. The summed E-state index contributed by atoms with van der Waals surface area (Å²) >= 11 is 4.34. The summed E-state index contributed by atoms with van der Waals surface area (Å²) in [5.41, 5.74) is 0.709. The molecule has 1 aromatic carbocycles. The van der Waals surface area contributed by atoms with Crippen LogP contribution in [0.15, 0.2) is 24.3 Å². The molecule has 0 aliphatic carbocycles. The molecule has 1 rings (SSSR count). The maximum atomic E-state index is 10.9. The van der Waals surface area contributed by atoms with Crippen LogP contribution in [-0.2, 0) is 11.8 Å². The van der Waals surface area contributed by atoms with Crippen LogP contribution in [0.2, 0.25) is 0 Å². The van der Waals surface area contributed by atoms with Crippen molar-refractivity contribution >= 4 is 23.6 Å². The standard InChI is InChI=1S/C7H9O2PS/c1-6-4-2-3-5-7(6)10(8,9)11/h2-5H,1H3,(H2,8,9,11)/p-2. The van der Waals surface area contributed by atoms with Gasteiger partial charge in [-0.05, 0) is 17.8 Å². The Morgan fingerprint density at radius 1 is 1.27 bits per heavy atom. The van der Waals surface area contributed by atoms with E-state index in [0.29, 0.717) is 5.56 Å². The molecule has 0 aliphatic rings. The molecule has 0 saturated carbocycles. The molecule has 0 heterocycles. The van der Waals surface area contributed by atoms with E-state index in [1.165, 1.54) is 6.07 Å². The first-order valence-electron chi connectivity index (χ1n) is 3.10. The Hall–Kier alpha value is -0.210. The minimum absolute atomic E-state index is 0.259. The summed E-state index contributed by atoms with van der Waals surface area (Å²) in [4.78, 5) is 21.8.